The molecule has 0 N–H and O–H groups in total. The number of sulfone groups is 1. The lowest BCUT2D eigenvalue weighted by Gasteiger charge is -2.22. The Morgan fingerprint density at radius 2 is 1.83 bits per heavy atom. The highest BCUT2D eigenvalue weighted by molar-refractivity contribution is 8.00. The van der Waals surface area contributed by atoms with Gasteiger partial charge in [0, 0.05) is 16.7 Å². The minimum absolute atomic E-state index is 0.0449. The van der Waals surface area contributed by atoms with Crippen LogP contribution in [-0.4, -0.2) is 44.5 Å². The van der Waals surface area contributed by atoms with Gasteiger partial charge in [-0.05, 0) is 42.8 Å². The Hall–Kier alpha value is -2.46. The van der Waals surface area contributed by atoms with Gasteiger partial charge in [-0.2, -0.15) is 8.78 Å². The van der Waals surface area contributed by atoms with Gasteiger partial charge in [0.25, 0.3) is 5.91 Å². The number of thioether (sulfide) groups is 1. The number of amides is 1. The fourth-order valence-corrected chi connectivity index (χ4v) is 4.75. The number of rotatable bonds is 5. The van der Waals surface area contributed by atoms with Crippen LogP contribution in [0.2, 0.25) is 0 Å². The van der Waals surface area contributed by atoms with Crippen molar-refractivity contribution in [3.8, 4) is 0 Å². The van der Waals surface area contributed by atoms with Crippen LogP contribution in [0.5, 0.6) is 0 Å². The number of anilines is 1. The molecular weight excluding hydrogens is 436 g/mol. The van der Waals surface area contributed by atoms with Gasteiger partial charge in [-0.1, -0.05) is 19.1 Å². The summed E-state index contributed by atoms with van der Waals surface area (Å²) >= 11 is 1.68. The highest BCUT2D eigenvalue weighted by Gasteiger charge is 2.27. The molecule has 1 atom stereocenters. The molecule has 0 aliphatic carbocycles. The number of nitrogens with zero attached hydrogens (tertiary/aromatic N) is 1. The summed E-state index contributed by atoms with van der Waals surface area (Å²) in [4.78, 5) is 26.8. The molecule has 0 aromatic heterocycles. The van der Waals surface area contributed by atoms with E-state index in [2.05, 4.69) is 6.92 Å². The number of hydrogen-bond acceptors (Lipinski definition) is 6. The van der Waals surface area contributed by atoms with Crippen LogP contribution in [0.15, 0.2) is 58.3 Å². The summed E-state index contributed by atoms with van der Waals surface area (Å²) in [5.74, 6) is -4.79. The normalized spacial score (nSPS) is 16.7. The van der Waals surface area contributed by atoms with Crippen LogP contribution < -0.4 is 4.90 Å². The summed E-state index contributed by atoms with van der Waals surface area (Å²) in [6, 6.07) is 11.4. The van der Waals surface area contributed by atoms with E-state index in [0.29, 0.717) is 11.8 Å². The van der Waals surface area contributed by atoms with Crippen LogP contribution in [-0.2, 0) is 19.4 Å². The van der Waals surface area contributed by atoms with Gasteiger partial charge in [0.2, 0.25) is 9.84 Å². The van der Waals surface area contributed by atoms with Gasteiger partial charge in [0.15, 0.2) is 6.61 Å². The monoisotopic (exact) mass is 455 g/mol. The zero-order valence-electron chi connectivity index (χ0n) is 16.0. The van der Waals surface area contributed by atoms with Crippen molar-refractivity contribution in [1.82, 2.24) is 0 Å². The fourth-order valence-electron chi connectivity index (χ4n) is 2.92. The summed E-state index contributed by atoms with van der Waals surface area (Å²) in [7, 11) is -4.74. The zero-order valence-corrected chi connectivity index (χ0v) is 17.6. The van der Waals surface area contributed by atoms with Crippen LogP contribution in [0.1, 0.15) is 23.7 Å². The minimum Gasteiger partial charge on any atom is -0.452 e. The molecule has 3 rings (SSSR count). The van der Waals surface area contributed by atoms with E-state index in [1.807, 2.05) is 24.3 Å². The zero-order chi connectivity index (χ0) is 21.9. The molecular formula is C20H19F2NO5S2. The number of carbonyl (C=O) groups excluding carboxylic acids is 2. The summed E-state index contributed by atoms with van der Waals surface area (Å²) in [5, 5.41) is 0.328. The molecule has 0 radical (unpaired) electrons. The average Bonchev–Trinajstić information content (AvgIpc) is 2.90. The van der Waals surface area contributed by atoms with E-state index in [4.69, 9.17) is 4.74 Å². The first-order valence-electron chi connectivity index (χ1n) is 9.05. The molecule has 0 fully saturated rings. The van der Waals surface area contributed by atoms with Crippen molar-refractivity contribution in [3.63, 3.8) is 0 Å². The molecule has 2 aromatic rings. The van der Waals surface area contributed by atoms with E-state index in [9.17, 15) is 26.8 Å². The van der Waals surface area contributed by atoms with Crippen molar-refractivity contribution in [3.05, 3.63) is 54.1 Å². The third-order valence-corrected chi connectivity index (χ3v) is 7.16. The molecule has 6 nitrogen and oxygen atoms in total. The van der Waals surface area contributed by atoms with E-state index in [1.165, 1.54) is 0 Å². The van der Waals surface area contributed by atoms with Crippen LogP contribution >= 0.6 is 11.8 Å². The first-order valence-corrected chi connectivity index (χ1v) is 11.5. The number of benzene rings is 2. The molecule has 160 valence electrons. The van der Waals surface area contributed by atoms with E-state index >= 15 is 0 Å². The maximum atomic E-state index is 12.7. The molecule has 0 bridgehead atoms. The number of carbonyl (C=O) groups is 2. The van der Waals surface area contributed by atoms with Gasteiger partial charge in [0.1, 0.15) is 0 Å². The lowest BCUT2D eigenvalue weighted by molar-refractivity contribution is -0.121. The number of alkyl halides is 2. The second-order valence-electron chi connectivity index (χ2n) is 6.64. The van der Waals surface area contributed by atoms with Gasteiger partial charge < -0.3 is 9.64 Å². The van der Waals surface area contributed by atoms with Crippen molar-refractivity contribution in [2.24, 2.45) is 0 Å². The van der Waals surface area contributed by atoms with E-state index in [1.54, 1.807) is 16.7 Å². The molecule has 1 heterocycles. The highest BCUT2D eigenvalue weighted by atomic mass is 32.2. The first-order chi connectivity index (χ1) is 14.2. The number of para-hydroxylation sites is 1. The SMILES string of the molecule is CC1CCN(C(=O)COC(=O)c2ccc(S(=O)(=O)C(F)F)cc2)c2ccccc2S1. The smallest absolute Gasteiger partial charge is 0.341 e. The number of hydrogen-bond donors (Lipinski definition) is 0. The maximum absolute atomic E-state index is 12.7. The molecule has 0 saturated carbocycles. The average molecular weight is 456 g/mol. The molecule has 2 aromatic carbocycles. The number of halogens is 2. The predicted octanol–water partition coefficient (Wildman–Crippen LogP) is 3.76. The molecule has 1 amide bonds. The first kappa shape index (κ1) is 22.2. The lowest BCUT2D eigenvalue weighted by Crippen LogP contribution is -2.35. The highest BCUT2D eigenvalue weighted by Crippen LogP contribution is 2.37. The third kappa shape index (κ3) is 4.81. The molecule has 0 saturated heterocycles. The van der Waals surface area contributed by atoms with E-state index in [0.717, 1.165) is 41.3 Å². The van der Waals surface area contributed by atoms with E-state index < -0.39 is 33.1 Å². The Bertz CT molecular complexity index is 1040. The Labute approximate surface area is 177 Å². The van der Waals surface area contributed by atoms with Crippen LogP contribution in [0, 0.1) is 0 Å². The van der Waals surface area contributed by atoms with Crippen LogP contribution in [0.25, 0.3) is 0 Å². The molecule has 30 heavy (non-hydrogen) atoms. The van der Waals surface area contributed by atoms with Crippen molar-refractivity contribution >= 4 is 39.2 Å². The lowest BCUT2D eigenvalue weighted by atomic mass is 10.2. The predicted molar refractivity (Wildman–Crippen MR) is 109 cm³/mol. The van der Waals surface area contributed by atoms with E-state index in [-0.39, 0.29) is 11.5 Å². The summed E-state index contributed by atoms with van der Waals surface area (Å²) in [6.45, 7) is 2.07. The fraction of sp³-hybridized carbons (Fsp3) is 0.300. The van der Waals surface area contributed by atoms with Crippen LogP contribution in [0.4, 0.5) is 14.5 Å². The van der Waals surface area contributed by atoms with Gasteiger partial charge in [-0.25, -0.2) is 13.2 Å². The molecule has 1 aliphatic rings. The van der Waals surface area contributed by atoms with Gasteiger partial charge in [0.05, 0.1) is 16.1 Å². The molecule has 0 spiro atoms. The minimum atomic E-state index is -4.74. The molecule has 1 aliphatic heterocycles. The molecule has 10 heteroatoms. The standard InChI is InChI=1S/C20H19F2NO5S2/c1-13-10-11-23(16-4-2-3-5-17(16)29-13)18(24)12-28-19(25)14-6-8-15(9-7-14)30(26,27)20(21)22/h2-9,13,20H,10-12H2,1H3. The Balaban J connectivity index is 1.67. The van der Waals surface area contributed by atoms with Crippen molar-refractivity contribution in [1.29, 1.82) is 0 Å². The van der Waals surface area contributed by atoms with Crippen molar-refractivity contribution < 1.29 is 31.5 Å². The number of fused-ring (bicyclic) bond motifs is 1. The molecule has 1 unspecified atom stereocenters. The second kappa shape index (κ2) is 9.13. The Kier molecular flexibility index (Phi) is 6.77. The summed E-state index contributed by atoms with van der Waals surface area (Å²) in [5.41, 5.74) is 0.714. The van der Waals surface area contributed by atoms with Gasteiger partial charge >= 0.3 is 11.7 Å². The van der Waals surface area contributed by atoms with Crippen LogP contribution in [0.3, 0.4) is 0 Å². The van der Waals surface area contributed by atoms with Crippen molar-refractivity contribution in [2.45, 2.75) is 34.1 Å². The summed E-state index contributed by atoms with van der Waals surface area (Å²) < 4.78 is 53.1. The van der Waals surface area contributed by atoms with Gasteiger partial charge in [-0.15, -0.1) is 11.8 Å². The Morgan fingerprint density at radius 1 is 1.17 bits per heavy atom. The quantitative estimate of drug-likeness (QED) is 0.639. The number of esters is 1. The largest absolute Gasteiger partial charge is 0.452 e. The third-order valence-electron chi connectivity index (χ3n) is 4.52. The second-order valence-corrected chi connectivity index (χ2v) is 10.0. The topological polar surface area (TPSA) is 80.8 Å². The maximum Gasteiger partial charge on any atom is 0.341 e. The summed E-state index contributed by atoms with van der Waals surface area (Å²) in [6.07, 6.45) is 0.777. The Morgan fingerprint density at radius 3 is 2.50 bits per heavy atom. The van der Waals surface area contributed by atoms with Gasteiger partial charge in [-0.3, -0.25) is 4.79 Å². The van der Waals surface area contributed by atoms with Crippen molar-refractivity contribution in [2.75, 3.05) is 18.1 Å². The number of ether oxygens (including phenoxy) is 1.